The Morgan fingerprint density at radius 3 is 2.30 bits per heavy atom. The number of anilines is 1. The van der Waals surface area contributed by atoms with Crippen molar-refractivity contribution in [3.05, 3.63) is 108 Å². The van der Waals surface area contributed by atoms with Gasteiger partial charge in [0.25, 0.3) is 0 Å². The van der Waals surface area contributed by atoms with E-state index in [2.05, 4.69) is 41.9 Å². The number of amides is 2. The maximum atomic E-state index is 13.1. The van der Waals surface area contributed by atoms with Crippen LogP contribution in [0.5, 0.6) is 0 Å². The first kappa shape index (κ1) is 24.2. The van der Waals surface area contributed by atoms with Crippen molar-refractivity contribution in [2.45, 2.75) is 32.2 Å². The van der Waals surface area contributed by atoms with E-state index in [4.69, 9.17) is 0 Å². The normalized spacial score (nSPS) is 12.6. The van der Waals surface area contributed by atoms with Gasteiger partial charge in [-0.15, -0.1) is 0 Å². The van der Waals surface area contributed by atoms with Crippen molar-refractivity contribution in [1.29, 1.82) is 0 Å². The van der Waals surface area contributed by atoms with Crippen molar-refractivity contribution in [3.8, 4) is 0 Å². The standard InChI is InChI=1S/C28H32N3O2/c1-20-14-15-21(2)25(16-20)31-28(33)26(17-23-10-6-4-7-11-23)30-27(32)19-29-18-22(3)24-12-8-5-9-13-24/h4-16,22,26,29H,2,17-19H2,1,3H3,(H,30,32)(H,31,33)/t22-,26+/m0/s1. The summed E-state index contributed by atoms with van der Waals surface area (Å²) >= 11 is 0. The molecule has 0 bridgehead atoms. The molecule has 3 N–H and O–H groups in total. The highest BCUT2D eigenvalue weighted by Gasteiger charge is 2.22. The Labute approximate surface area is 196 Å². The highest BCUT2D eigenvalue weighted by Crippen LogP contribution is 2.17. The van der Waals surface area contributed by atoms with E-state index in [1.165, 1.54) is 5.56 Å². The van der Waals surface area contributed by atoms with Gasteiger partial charge in [0.15, 0.2) is 0 Å². The van der Waals surface area contributed by atoms with E-state index in [-0.39, 0.29) is 24.3 Å². The van der Waals surface area contributed by atoms with Crippen LogP contribution >= 0.6 is 0 Å². The van der Waals surface area contributed by atoms with Crippen molar-refractivity contribution < 1.29 is 9.59 Å². The number of carbonyl (C=O) groups is 2. The minimum absolute atomic E-state index is 0.140. The molecule has 3 aromatic rings. The summed E-state index contributed by atoms with van der Waals surface area (Å²) in [6.45, 7) is 8.87. The van der Waals surface area contributed by atoms with Crippen LogP contribution in [0, 0.1) is 13.8 Å². The van der Waals surface area contributed by atoms with Crippen LogP contribution in [0.15, 0.2) is 78.9 Å². The maximum Gasteiger partial charge on any atom is 0.247 e. The quantitative estimate of drug-likeness (QED) is 0.440. The second kappa shape index (κ2) is 12.0. The van der Waals surface area contributed by atoms with Gasteiger partial charge in [-0.2, -0.15) is 0 Å². The molecule has 0 heterocycles. The van der Waals surface area contributed by atoms with Gasteiger partial charge in [0.2, 0.25) is 11.8 Å². The molecule has 0 aliphatic heterocycles. The van der Waals surface area contributed by atoms with Crippen LogP contribution in [-0.2, 0) is 16.0 Å². The lowest BCUT2D eigenvalue weighted by Crippen LogP contribution is -2.48. The Hall–Kier alpha value is -3.44. The summed E-state index contributed by atoms with van der Waals surface area (Å²) in [5.41, 5.74) is 4.60. The van der Waals surface area contributed by atoms with Crippen LogP contribution < -0.4 is 16.0 Å². The molecule has 0 aliphatic carbocycles. The monoisotopic (exact) mass is 442 g/mol. The molecule has 0 spiro atoms. The third kappa shape index (κ3) is 7.58. The molecule has 3 aromatic carbocycles. The summed E-state index contributed by atoms with van der Waals surface area (Å²) in [4.78, 5) is 25.8. The fraction of sp³-hybridized carbons (Fsp3) is 0.250. The SMILES string of the molecule is [CH2]c1ccc(C)cc1NC(=O)[C@@H](Cc1ccccc1)NC(=O)CNC[C@H](C)c1ccccc1. The second-order valence-corrected chi connectivity index (χ2v) is 8.40. The lowest BCUT2D eigenvalue weighted by Gasteiger charge is -2.20. The van der Waals surface area contributed by atoms with E-state index < -0.39 is 6.04 Å². The summed E-state index contributed by atoms with van der Waals surface area (Å²) in [7, 11) is 0. The molecular weight excluding hydrogens is 410 g/mol. The van der Waals surface area contributed by atoms with Gasteiger partial charge in [0.1, 0.15) is 6.04 Å². The topological polar surface area (TPSA) is 70.2 Å². The van der Waals surface area contributed by atoms with Crippen LogP contribution in [0.1, 0.15) is 35.1 Å². The molecule has 0 unspecified atom stereocenters. The van der Waals surface area contributed by atoms with Crippen molar-refractivity contribution >= 4 is 17.5 Å². The fourth-order valence-corrected chi connectivity index (χ4v) is 3.63. The molecule has 3 rings (SSSR count). The largest absolute Gasteiger partial charge is 0.343 e. The van der Waals surface area contributed by atoms with Gasteiger partial charge in [-0.05, 0) is 48.1 Å². The fourth-order valence-electron chi connectivity index (χ4n) is 3.63. The van der Waals surface area contributed by atoms with Crippen LogP contribution in [0.25, 0.3) is 0 Å². The molecular formula is C28H32N3O2. The number of benzene rings is 3. The van der Waals surface area contributed by atoms with Gasteiger partial charge in [-0.25, -0.2) is 0 Å². The Kier molecular flexibility index (Phi) is 8.79. The van der Waals surface area contributed by atoms with Crippen LogP contribution in [0.4, 0.5) is 5.69 Å². The first-order chi connectivity index (χ1) is 15.9. The average Bonchev–Trinajstić information content (AvgIpc) is 2.82. The number of rotatable bonds is 10. The van der Waals surface area contributed by atoms with Crippen LogP contribution in [0.2, 0.25) is 0 Å². The Morgan fingerprint density at radius 1 is 0.939 bits per heavy atom. The van der Waals surface area contributed by atoms with Gasteiger partial charge >= 0.3 is 0 Å². The Bertz CT molecular complexity index is 1050. The first-order valence-corrected chi connectivity index (χ1v) is 11.2. The summed E-state index contributed by atoms with van der Waals surface area (Å²) in [6.07, 6.45) is 0.400. The van der Waals surface area contributed by atoms with Gasteiger partial charge in [-0.1, -0.05) is 79.7 Å². The van der Waals surface area contributed by atoms with Crippen molar-refractivity contribution in [1.82, 2.24) is 10.6 Å². The summed E-state index contributed by atoms with van der Waals surface area (Å²) in [5.74, 6) is -0.204. The lowest BCUT2D eigenvalue weighted by atomic mass is 10.0. The van der Waals surface area contributed by atoms with Crippen molar-refractivity contribution in [3.63, 3.8) is 0 Å². The van der Waals surface area contributed by atoms with Crippen molar-refractivity contribution in [2.24, 2.45) is 0 Å². The number of aryl methyl sites for hydroxylation is 1. The van der Waals surface area contributed by atoms with E-state index in [9.17, 15) is 9.59 Å². The highest BCUT2D eigenvalue weighted by atomic mass is 16.2. The van der Waals surface area contributed by atoms with E-state index >= 15 is 0 Å². The van der Waals surface area contributed by atoms with Gasteiger partial charge < -0.3 is 16.0 Å². The number of nitrogens with one attached hydrogen (secondary N) is 3. The molecule has 5 nitrogen and oxygen atoms in total. The molecule has 5 heteroatoms. The van der Waals surface area contributed by atoms with Gasteiger partial charge in [0, 0.05) is 18.7 Å². The molecule has 0 fully saturated rings. The molecule has 0 aromatic heterocycles. The average molecular weight is 443 g/mol. The smallest absolute Gasteiger partial charge is 0.247 e. The van der Waals surface area contributed by atoms with E-state index in [0.29, 0.717) is 18.7 Å². The Morgan fingerprint density at radius 2 is 1.61 bits per heavy atom. The molecule has 0 saturated carbocycles. The summed E-state index contributed by atoms with van der Waals surface area (Å²) in [5, 5.41) is 9.04. The van der Waals surface area contributed by atoms with Crippen LogP contribution in [0.3, 0.4) is 0 Å². The number of hydrogen-bond acceptors (Lipinski definition) is 3. The van der Waals surface area contributed by atoms with E-state index in [1.54, 1.807) is 0 Å². The number of carbonyl (C=O) groups excluding carboxylic acids is 2. The molecule has 33 heavy (non-hydrogen) atoms. The van der Waals surface area contributed by atoms with Gasteiger partial charge in [-0.3, -0.25) is 9.59 Å². The van der Waals surface area contributed by atoms with E-state index in [0.717, 1.165) is 16.7 Å². The zero-order valence-corrected chi connectivity index (χ0v) is 19.3. The summed E-state index contributed by atoms with van der Waals surface area (Å²) in [6, 6.07) is 24.8. The molecule has 0 saturated heterocycles. The summed E-state index contributed by atoms with van der Waals surface area (Å²) < 4.78 is 0. The molecule has 2 amide bonds. The van der Waals surface area contributed by atoms with E-state index in [1.807, 2.05) is 73.7 Å². The Balaban J connectivity index is 1.61. The molecule has 1 radical (unpaired) electrons. The highest BCUT2D eigenvalue weighted by molar-refractivity contribution is 5.98. The number of hydrogen-bond donors (Lipinski definition) is 3. The van der Waals surface area contributed by atoms with Crippen LogP contribution in [-0.4, -0.2) is 30.9 Å². The first-order valence-electron chi connectivity index (χ1n) is 11.2. The molecule has 2 atom stereocenters. The maximum absolute atomic E-state index is 13.1. The van der Waals surface area contributed by atoms with Crippen molar-refractivity contribution in [2.75, 3.05) is 18.4 Å². The zero-order chi connectivity index (χ0) is 23.6. The third-order valence-corrected chi connectivity index (χ3v) is 5.56. The second-order valence-electron chi connectivity index (χ2n) is 8.40. The lowest BCUT2D eigenvalue weighted by molar-refractivity contribution is -0.125. The predicted octanol–water partition coefficient (Wildman–Crippen LogP) is 4.24. The minimum Gasteiger partial charge on any atom is -0.343 e. The predicted molar refractivity (Wildman–Crippen MR) is 134 cm³/mol. The minimum atomic E-state index is -0.701. The molecule has 171 valence electrons. The third-order valence-electron chi connectivity index (χ3n) is 5.56. The zero-order valence-electron chi connectivity index (χ0n) is 19.3. The molecule has 0 aliphatic rings. The van der Waals surface area contributed by atoms with Gasteiger partial charge in [0.05, 0.1) is 6.54 Å².